The highest BCUT2D eigenvalue weighted by molar-refractivity contribution is 6.22. The first-order chi connectivity index (χ1) is 9.58. The van der Waals surface area contributed by atoms with E-state index in [1.54, 1.807) is 13.8 Å². The Labute approximate surface area is 116 Å². The first kappa shape index (κ1) is 14.0. The minimum atomic E-state index is -0.575. The maximum Gasteiger partial charge on any atom is 0.341 e. The summed E-state index contributed by atoms with van der Waals surface area (Å²) in [5, 5.41) is 0. The molecule has 1 aliphatic rings. The maximum absolute atomic E-state index is 11.9. The lowest BCUT2D eigenvalue weighted by atomic mass is 9.92. The quantitative estimate of drug-likeness (QED) is 0.787. The van der Waals surface area contributed by atoms with Crippen LogP contribution in [0.3, 0.4) is 0 Å². The van der Waals surface area contributed by atoms with Crippen LogP contribution in [-0.4, -0.2) is 30.7 Å². The third-order valence-electron chi connectivity index (χ3n) is 2.83. The SMILES string of the molecule is CCOC(=O)c1cc2c(cc1OCC)C(=O)C=CC2=O. The molecular formula is C15H14O5. The number of hydrogen-bond acceptors (Lipinski definition) is 5. The Morgan fingerprint density at radius 1 is 1.00 bits per heavy atom. The molecule has 1 aromatic carbocycles. The van der Waals surface area contributed by atoms with Gasteiger partial charge in [0.15, 0.2) is 11.6 Å². The molecule has 104 valence electrons. The van der Waals surface area contributed by atoms with Gasteiger partial charge in [-0.3, -0.25) is 9.59 Å². The molecule has 1 aliphatic carbocycles. The highest BCUT2D eigenvalue weighted by Gasteiger charge is 2.25. The largest absolute Gasteiger partial charge is 0.493 e. The van der Waals surface area contributed by atoms with Crippen molar-refractivity contribution in [3.8, 4) is 5.75 Å². The lowest BCUT2D eigenvalue weighted by Gasteiger charge is -2.15. The van der Waals surface area contributed by atoms with E-state index >= 15 is 0 Å². The highest BCUT2D eigenvalue weighted by Crippen LogP contribution is 2.28. The minimum absolute atomic E-state index is 0.156. The minimum Gasteiger partial charge on any atom is -0.493 e. The summed E-state index contributed by atoms with van der Waals surface area (Å²) in [6.07, 6.45) is 2.41. The Morgan fingerprint density at radius 2 is 1.60 bits per heavy atom. The van der Waals surface area contributed by atoms with E-state index in [1.165, 1.54) is 24.3 Å². The van der Waals surface area contributed by atoms with Crippen LogP contribution in [0, 0.1) is 0 Å². The van der Waals surface area contributed by atoms with Gasteiger partial charge in [-0.25, -0.2) is 4.79 Å². The molecule has 0 unspecified atom stereocenters. The van der Waals surface area contributed by atoms with Gasteiger partial charge < -0.3 is 9.47 Å². The fourth-order valence-corrected chi connectivity index (χ4v) is 1.96. The van der Waals surface area contributed by atoms with Crippen molar-refractivity contribution in [3.05, 3.63) is 41.0 Å². The van der Waals surface area contributed by atoms with E-state index in [1.807, 2.05) is 0 Å². The maximum atomic E-state index is 11.9. The van der Waals surface area contributed by atoms with Gasteiger partial charge in [-0.1, -0.05) is 0 Å². The molecule has 5 nitrogen and oxygen atoms in total. The molecule has 20 heavy (non-hydrogen) atoms. The number of carbonyl (C=O) groups excluding carboxylic acids is 3. The van der Waals surface area contributed by atoms with Crippen molar-refractivity contribution in [1.82, 2.24) is 0 Å². The van der Waals surface area contributed by atoms with Crippen LogP contribution < -0.4 is 4.74 Å². The van der Waals surface area contributed by atoms with E-state index in [0.717, 1.165) is 0 Å². The number of hydrogen-bond donors (Lipinski definition) is 0. The average molecular weight is 274 g/mol. The van der Waals surface area contributed by atoms with E-state index in [4.69, 9.17) is 9.47 Å². The first-order valence-corrected chi connectivity index (χ1v) is 6.33. The highest BCUT2D eigenvalue weighted by atomic mass is 16.5. The van der Waals surface area contributed by atoms with Crippen LogP contribution in [0.2, 0.25) is 0 Å². The molecule has 1 aromatic rings. The number of ether oxygens (including phenoxy) is 2. The third-order valence-corrected chi connectivity index (χ3v) is 2.83. The summed E-state index contributed by atoms with van der Waals surface area (Å²) in [4.78, 5) is 35.5. The van der Waals surface area contributed by atoms with Crippen LogP contribution in [0.1, 0.15) is 44.9 Å². The fourth-order valence-electron chi connectivity index (χ4n) is 1.96. The summed E-state index contributed by atoms with van der Waals surface area (Å²) in [7, 11) is 0. The Balaban J connectivity index is 2.57. The second-order valence-corrected chi connectivity index (χ2v) is 4.11. The molecule has 0 aromatic heterocycles. The monoisotopic (exact) mass is 274 g/mol. The first-order valence-electron chi connectivity index (χ1n) is 6.33. The van der Waals surface area contributed by atoms with E-state index in [0.29, 0.717) is 6.61 Å². The molecule has 0 N–H and O–H groups in total. The summed E-state index contributed by atoms with van der Waals surface area (Å²) < 4.78 is 10.3. The van der Waals surface area contributed by atoms with Crippen molar-refractivity contribution in [2.45, 2.75) is 13.8 Å². The van der Waals surface area contributed by atoms with Crippen molar-refractivity contribution >= 4 is 17.5 Å². The normalized spacial score (nSPS) is 13.1. The second kappa shape index (κ2) is 5.69. The second-order valence-electron chi connectivity index (χ2n) is 4.11. The average Bonchev–Trinajstić information content (AvgIpc) is 2.43. The summed E-state index contributed by atoms with van der Waals surface area (Å²) in [5.41, 5.74) is 0.599. The Hall–Kier alpha value is -2.43. The van der Waals surface area contributed by atoms with Crippen molar-refractivity contribution in [3.63, 3.8) is 0 Å². The molecule has 2 rings (SSSR count). The number of allylic oxidation sites excluding steroid dienone is 2. The van der Waals surface area contributed by atoms with Crippen molar-refractivity contribution < 1.29 is 23.9 Å². The van der Waals surface area contributed by atoms with Crippen molar-refractivity contribution in [1.29, 1.82) is 0 Å². The van der Waals surface area contributed by atoms with Crippen molar-refractivity contribution in [2.75, 3.05) is 13.2 Å². The topological polar surface area (TPSA) is 69.7 Å². The molecule has 0 amide bonds. The number of carbonyl (C=O) groups is 3. The Bertz CT molecular complexity index is 613. The molecule has 0 fully saturated rings. The lowest BCUT2D eigenvalue weighted by molar-refractivity contribution is 0.0521. The van der Waals surface area contributed by atoms with Crippen LogP contribution in [-0.2, 0) is 4.74 Å². The number of fused-ring (bicyclic) bond motifs is 1. The molecular weight excluding hydrogens is 260 g/mol. The molecule has 0 bridgehead atoms. The van der Waals surface area contributed by atoms with Gasteiger partial charge in [-0.05, 0) is 38.1 Å². The van der Waals surface area contributed by atoms with Gasteiger partial charge in [0.2, 0.25) is 0 Å². The zero-order valence-electron chi connectivity index (χ0n) is 11.3. The van der Waals surface area contributed by atoms with E-state index in [2.05, 4.69) is 0 Å². The molecule has 0 radical (unpaired) electrons. The molecule has 0 saturated carbocycles. The zero-order valence-corrected chi connectivity index (χ0v) is 11.3. The fraction of sp³-hybridized carbons (Fsp3) is 0.267. The van der Waals surface area contributed by atoms with E-state index in [-0.39, 0.29) is 40.6 Å². The van der Waals surface area contributed by atoms with Crippen LogP contribution in [0.4, 0.5) is 0 Å². The lowest BCUT2D eigenvalue weighted by Crippen LogP contribution is -2.16. The van der Waals surface area contributed by atoms with Gasteiger partial charge in [-0.15, -0.1) is 0 Å². The summed E-state index contributed by atoms with van der Waals surface area (Å²) in [6, 6.07) is 2.79. The van der Waals surface area contributed by atoms with Crippen LogP contribution >= 0.6 is 0 Å². The standard InChI is InChI=1S/C15H14O5/c1-3-19-14-8-10-9(12(16)5-6-13(10)17)7-11(14)15(18)20-4-2/h5-8H,3-4H2,1-2H3. The van der Waals surface area contributed by atoms with E-state index in [9.17, 15) is 14.4 Å². The third kappa shape index (κ3) is 2.47. The van der Waals surface area contributed by atoms with Gasteiger partial charge in [0.25, 0.3) is 0 Å². The van der Waals surface area contributed by atoms with Crippen LogP contribution in [0.5, 0.6) is 5.75 Å². The number of benzene rings is 1. The molecule has 0 atom stereocenters. The van der Waals surface area contributed by atoms with Crippen molar-refractivity contribution in [2.24, 2.45) is 0 Å². The summed E-state index contributed by atoms with van der Waals surface area (Å²) in [5.74, 6) is -0.918. The predicted molar refractivity (Wildman–Crippen MR) is 71.4 cm³/mol. The smallest absolute Gasteiger partial charge is 0.341 e. The Kier molecular flexibility index (Phi) is 3.98. The van der Waals surface area contributed by atoms with Crippen LogP contribution in [0.15, 0.2) is 24.3 Å². The number of rotatable bonds is 4. The van der Waals surface area contributed by atoms with E-state index < -0.39 is 5.97 Å². The number of esters is 1. The number of ketones is 2. The van der Waals surface area contributed by atoms with Gasteiger partial charge in [0.1, 0.15) is 11.3 Å². The zero-order chi connectivity index (χ0) is 14.7. The van der Waals surface area contributed by atoms with Gasteiger partial charge in [-0.2, -0.15) is 0 Å². The summed E-state index contributed by atoms with van der Waals surface area (Å²) in [6.45, 7) is 4.01. The predicted octanol–water partition coefficient (Wildman–Crippen LogP) is 2.20. The summed E-state index contributed by atoms with van der Waals surface area (Å²) >= 11 is 0. The van der Waals surface area contributed by atoms with Gasteiger partial charge >= 0.3 is 5.97 Å². The van der Waals surface area contributed by atoms with Gasteiger partial charge in [0.05, 0.1) is 13.2 Å². The molecule has 5 heteroatoms. The molecule has 0 saturated heterocycles. The van der Waals surface area contributed by atoms with Crippen LogP contribution in [0.25, 0.3) is 0 Å². The van der Waals surface area contributed by atoms with Gasteiger partial charge in [0, 0.05) is 11.1 Å². The Morgan fingerprint density at radius 3 is 2.15 bits per heavy atom. The molecule has 0 aliphatic heterocycles. The molecule has 0 spiro atoms. The molecule has 0 heterocycles.